The fourth-order valence-electron chi connectivity index (χ4n) is 3.61. The second-order valence-corrected chi connectivity index (χ2v) is 8.63. The Balaban J connectivity index is 1.96. The number of amides is 1. The van der Waals surface area contributed by atoms with E-state index in [-0.39, 0.29) is 23.2 Å². The summed E-state index contributed by atoms with van der Waals surface area (Å²) in [6.07, 6.45) is 1.73. The highest BCUT2D eigenvalue weighted by Crippen LogP contribution is 2.30. The van der Waals surface area contributed by atoms with Crippen molar-refractivity contribution < 1.29 is 14.7 Å². The first kappa shape index (κ1) is 25.2. The van der Waals surface area contributed by atoms with Gasteiger partial charge in [0.1, 0.15) is 5.84 Å². The second kappa shape index (κ2) is 11.2. The van der Waals surface area contributed by atoms with Gasteiger partial charge in [-0.1, -0.05) is 44.7 Å². The minimum Gasteiger partial charge on any atom is -0.478 e. The van der Waals surface area contributed by atoms with E-state index in [1.807, 2.05) is 44.2 Å². The van der Waals surface area contributed by atoms with Crippen LogP contribution in [-0.4, -0.2) is 29.4 Å². The molecule has 7 nitrogen and oxygen atoms in total. The number of nitrogens with one attached hydrogen (secondary N) is 3. The SMILES string of the molecule is C=Cc1ccc(-c2ccc(C(=O)NCC(C)C)cc2C(=O)O)c(CNc2ccc(C(=N)N)cc2)c1. The number of benzene rings is 3. The lowest BCUT2D eigenvalue weighted by Crippen LogP contribution is -2.27. The van der Waals surface area contributed by atoms with Gasteiger partial charge in [0.2, 0.25) is 0 Å². The van der Waals surface area contributed by atoms with Crippen LogP contribution in [0.15, 0.2) is 67.2 Å². The lowest BCUT2D eigenvalue weighted by Gasteiger charge is -2.16. The van der Waals surface area contributed by atoms with Gasteiger partial charge in [-0.15, -0.1) is 0 Å². The predicted molar refractivity (Wildman–Crippen MR) is 141 cm³/mol. The Bertz CT molecular complexity index is 1260. The Morgan fingerprint density at radius 1 is 1.03 bits per heavy atom. The molecule has 3 rings (SSSR count). The van der Waals surface area contributed by atoms with E-state index in [0.29, 0.717) is 29.8 Å². The van der Waals surface area contributed by atoms with Crippen LogP contribution in [0.25, 0.3) is 17.2 Å². The maximum atomic E-state index is 12.5. The molecule has 0 heterocycles. The minimum atomic E-state index is -1.11. The highest BCUT2D eigenvalue weighted by atomic mass is 16.4. The monoisotopic (exact) mass is 470 g/mol. The summed E-state index contributed by atoms with van der Waals surface area (Å²) < 4.78 is 0. The van der Waals surface area contributed by atoms with E-state index < -0.39 is 5.97 Å². The van der Waals surface area contributed by atoms with Gasteiger partial charge in [0.15, 0.2) is 0 Å². The average molecular weight is 471 g/mol. The van der Waals surface area contributed by atoms with Crippen LogP contribution in [-0.2, 0) is 6.54 Å². The molecule has 3 aromatic rings. The Kier molecular flexibility index (Phi) is 8.04. The van der Waals surface area contributed by atoms with Gasteiger partial charge in [0.25, 0.3) is 5.91 Å². The van der Waals surface area contributed by atoms with E-state index in [2.05, 4.69) is 17.2 Å². The van der Waals surface area contributed by atoms with Gasteiger partial charge in [0, 0.05) is 29.9 Å². The van der Waals surface area contributed by atoms with Crippen LogP contribution in [0, 0.1) is 11.3 Å². The Morgan fingerprint density at radius 3 is 2.29 bits per heavy atom. The molecule has 0 atom stereocenters. The van der Waals surface area contributed by atoms with Crippen molar-refractivity contribution in [3.8, 4) is 11.1 Å². The van der Waals surface area contributed by atoms with Crippen molar-refractivity contribution in [3.63, 3.8) is 0 Å². The fourth-order valence-corrected chi connectivity index (χ4v) is 3.61. The molecule has 0 aliphatic carbocycles. The zero-order valence-electron chi connectivity index (χ0n) is 19.9. The highest BCUT2D eigenvalue weighted by molar-refractivity contribution is 6.02. The molecule has 0 aliphatic rings. The summed E-state index contributed by atoms with van der Waals surface area (Å²) in [5.74, 6) is -1.12. The lowest BCUT2D eigenvalue weighted by molar-refractivity contribution is 0.0697. The van der Waals surface area contributed by atoms with Crippen LogP contribution < -0.4 is 16.4 Å². The van der Waals surface area contributed by atoms with Gasteiger partial charge < -0.3 is 21.5 Å². The van der Waals surface area contributed by atoms with Gasteiger partial charge in [-0.2, -0.15) is 0 Å². The van der Waals surface area contributed by atoms with E-state index in [1.54, 1.807) is 30.3 Å². The molecule has 0 fully saturated rings. The normalized spacial score (nSPS) is 10.6. The van der Waals surface area contributed by atoms with Crippen molar-refractivity contribution in [3.05, 3.63) is 95.1 Å². The molecule has 0 unspecified atom stereocenters. The van der Waals surface area contributed by atoms with Crippen LogP contribution in [0.1, 0.15) is 51.3 Å². The quantitative estimate of drug-likeness (QED) is 0.211. The van der Waals surface area contributed by atoms with Crippen molar-refractivity contribution in [2.45, 2.75) is 20.4 Å². The standard InChI is InChI=1S/C28H30N4O3/c1-4-18-5-11-23(21(13-18)16-31-22-9-6-19(7-10-22)26(29)30)24-12-8-20(14-25(24)28(34)35)27(33)32-15-17(2)3/h4-14,17,31H,1,15-16H2,2-3H3,(H3,29,30)(H,32,33)(H,34,35). The summed E-state index contributed by atoms with van der Waals surface area (Å²) in [4.78, 5) is 24.6. The molecule has 0 aromatic heterocycles. The first-order valence-corrected chi connectivity index (χ1v) is 11.3. The van der Waals surface area contributed by atoms with Crippen LogP contribution in [0.2, 0.25) is 0 Å². The number of nitrogen functional groups attached to an aromatic ring is 1. The Morgan fingerprint density at radius 2 is 1.69 bits per heavy atom. The molecule has 0 saturated heterocycles. The molecule has 180 valence electrons. The average Bonchev–Trinajstić information content (AvgIpc) is 2.85. The van der Waals surface area contributed by atoms with E-state index in [1.165, 1.54) is 6.07 Å². The minimum absolute atomic E-state index is 0.0000508. The predicted octanol–water partition coefficient (Wildman–Crippen LogP) is 4.98. The van der Waals surface area contributed by atoms with Crippen molar-refractivity contribution in [1.29, 1.82) is 5.41 Å². The van der Waals surface area contributed by atoms with Crippen molar-refractivity contribution >= 4 is 29.5 Å². The summed E-state index contributed by atoms with van der Waals surface area (Å²) in [5.41, 5.74) is 10.4. The van der Waals surface area contributed by atoms with E-state index in [0.717, 1.165) is 22.4 Å². The molecule has 6 N–H and O–H groups in total. The lowest BCUT2D eigenvalue weighted by atomic mass is 9.92. The number of rotatable bonds is 10. The zero-order valence-corrected chi connectivity index (χ0v) is 19.9. The number of nitrogens with two attached hydrogens (primary N) is 1. The van der Waals surface area contributed by atoms with E-state index in [9.17, 15) is 14.7 Å². The molecular formula is C28H30N4O3. The van der Waals surface area contributed by atoms with Crippen molar-refractivity contribution in [2.75, 3.05) is 11.9 Å². The summed E-state index contributed by atoms with van der Waals surface area (Å²) in [7, 11) is 0. The number of carbonyl (C=O) groups excluding carboxylic acids is 1. The molecule has 0 bridgehead atoms. The number of amidine groups is 1. The van der Waals surface area contributed by atoms with Gasteiger partial charge in [-0.3, -0.25) is 10.2 Å². The molecule has 3 aromatic carbocycles. The summed E-state index contributed by atoms with van der Waals surface area (Å²) in [6, 6.07) is 17.6. The molecule has 0 radical (unpaired) electrons. The van der Waals surface area contributed by atoms with Gasteiger partial charge in [0.05, 0.1) is 5.56 Å². The summed E-state index contributed by atoms with van der Waals surface area (Å²) in [6.45, 7) is 8.75. The van der Waals surface area contributed by atoms with Crippen molar-refractivity contribution in [1.82, 2.24) is 5.32 Å². The number of hydrogen-bond acceptors (Lipinski definition) is 4. The first-order chi connectivity index (χ1) is 16.7. The third-order valence-electron chi connectivity index (χ3n) is 5.52. The smallest absolute Gasteiger partial charge is 0.336 e. The molecule has 0 aliphatic heterocycles. The number of anilines is 1. The van der Waals surface area contributed by atoms with Crippen molar-refractivity contribution in [2.24, 2.45) is 11.7 Å². The third-order valence-corrected chi connectivity index (χ3v) is 5.52. The number of carbonyl (C=O) groups is 2. The number of aromatic carboxylic acids is 1. The molecular weight excluding hydrogens is 440 g/mol. The maximum Gasteiger partial charge on any atom is 0.336 e. The van der Waals surface area contributed by atoms with E-state index >= 15 is 0 Å². The second-order valence-electron chi connectivity index (χ2n) is 8.63. The van der Waals surface area contributed by atoms with Crippen LogP contribution in [0.5, 0.6) is 0 Å². The van der Waals surface area contributed by atoms with Gasteiger partial charge in [-0.25, -0.2) is 4.79 Å². The Labute approximate surface area is 205 Å². The largest absolute Gasteiger partial charge is 0.478 e. The summed E-state index contributed by atoms with van der Waals surface area (Å²) in [5, 5.41) is 23.6. The highest BCUT2D eigenvalue weighted by Gasteiger charge is 2.18. The van der Waals surface area contributed by atoms with Crippen LogP contribution in [0.3, 0.4) is 0 Å². The fraction of sp³-hybridized carbons (Fsp3) is 0.179. The first-order valence-electron chi connectivity index (χ1n) is 11.3. The van der Waals surface area contributed by atoms with E-state index in [4.69, 9.17) is 11.1 Å². The Hall–Kier alpha value is -4.39. The number of carboxylic acid groups (broad SMARTS) is 1. The molecule has 35 heavy (non-hydrogen) atoms. The molecule has 1 amide bonds. The molecule has 0 spiro atoms. The van der Waals surface area contributed by atoms with Crippen LogP contribution in [0.4, 0.5) is 5.69 Å². The van der Waals surface area contributed by atoms with Gasteiger partial charge >= 0.3 is 5.97 Å². The molecule has 7 heteroatoms. The molecule has 0 saturated carbocycles. The van der Waals surface area contributed by atoms with Gasteiger partial charge in [-0.05, 0) is 70.6 Å². The number of carboxylic acids is 1. The topological polar surface area (TPSA) is 128 Å². The maximum absolute atomic E-state index is 12.5. The zero-order chi connectivity index (χ0) is 25.5. The number of hydrogen-bond donors (Lipinski definition) is 5. The third kappa shape index (κ3) is 6.35. The summed E-state index contributed by atoms with van der Waals surface area (Å²) >= 11 is 0. The van der Waals surface area contributed by atoms with Crippen LogP contribution >= 0.6 is 0 Å².